The normalized spacial score (nSPS) is 12.2. The fraction of sp³-hybridized carbons (Fsp3) is 0.100. The predicted molar refractivity (Wildman–Crippen MR) is 107 cm³/mol. The molecule has 4 rings (SSSR count). The zero-order valence-corrected chi connectivity index (χ0v) is 15.8. The van der Waals surface area contributed by atoms with Crippen LogP contribution in [0.25, 0.3) is 16.7 Å². The minimum atomic E-state index is -1.21. The number of hydrogen-bond acceptors (Lipinski definition) is 5. The Kier molecular flexibility index (Phi) is 4.81. The molecule has 1 unspecified atom stereocenters. The van der Waals surface area contributed by atoms with Crippen LogP contribution < -0.4 is 11.2 Å². The molecule has 0 spiro atoms. The number of hydrogen-bond donors (Lipinski definition) is 0. The lowest BCUT2D eigenvalue weighted by atomic mass is 10.2. The summed E-state index contributed by atoms with van der Waals surface area (Å²) in [5, 5.41) is 0.333. The van der Waals surface area contributed by atoms with Gasteiger partial charge in [0.15, 0.2) is 10.5 Å². The van der Waals surface area contributed by atoms with Crippen molar-refractivity contribution >= 4 is 22.2 Å². The van der Waals surface area contributed by atoms with E-state index >= 15 is 0 Å². The molecule has 0 N–H and O–H groups in total. The van der Waals surface area contributed by atoms with Gasteiger partial charge in [-0.25, -0.2) is 14.3 Å². The van der Waals surface area contributed by atoms with E-state index in [0.29, 0.717) is 16.0 Å². The van der Waals surface area contributed by atoms with Gasteiger partial charge in [0.25, 0.3) is 5.56 Å². The first-order chi connectivity index (χ1) is 13.6. The van der Waals surface area contributed by atoms with E-state index in [1.807, 2.05) is 0 Å². The molecule has 0 aliphatic rings. The van der Waals surface area contributed by atoms with E-state index in [4.69, 9.17) is 0 Å². The van der Waals surface area contributed by atoms with Gasteiger partial charge in [-0.15, -0.1) is 0 Å². The minimum Gasteiger partial charge on any atom is -0.612 e. The summed E-state index contributed by atoms with van der Waals surface area (Å²) in [6.45, 7) is 0.115. The molecular formula is C20H16N4O3S. The third kappa shape index (κ3) is 3.23. The fourth-order valence-corrected chi connectivity index (χ4v) is 3.59. The highest BCUT2D eigenvalue weighted by Crippen LogP contribution is 2.16. The largest absolute Gasteiger partial charge is 0.612 e. The van der Waals surface area contributed by atoms with Crippen molar-refractivity contribution in [1.82, 2.24) is 19.1 Å². The third-order valence-electron chi connectivity index (χ3n) is 4.39. The zero-order chi connectivity index (χ0) is 19.7. The SMILES string of the molecule is C[S+]([O-])c1cccc(-n2c(=O)n(Cc3ccncc3)c(=O)c3cccnc32)c1. The molecule has 7 nitrogen and oxygen atoms in total. The molecule has 140 valence electrons. The average molecular weight is 392 g/mol. The summed E-state index contributed by atoms with van der Waals surface area (Å²) < 4.78 is 14.4. The first kappa shape index (κ1) is 18.1. The van der Waals surface area contributed by atoms with Crippen LogP contribution in [-0.4, -0.2) is 29.9 Å². The number of aromatic nitrogens is 4. The standard InChI is InChI=1S/C20H16N4O3S/c1-28(27)16-5-2-4-15(12-16)24-18-17(6-3-9-22-18)19(25)23(20(24)26)13-14-7-10-21-11-8-14/h2-12H,13H2,1H3. The van der Waals surface area contributed by atoms with Gasteiger partial charge in [-0.3, -0.25) is 14.3 Å². The van der Waals surface area contributed by atoms with Crippen molar-refractivity contribution in [2.45, 2.75) is 11.4 Å². The Balaban J connectivity index is 2.02. The van der Waals surface area contributed by atoms with Crippen LogP contribution >= 0.6 is 0 Å². The molecular weight excluding hydrogens is 376 g/mol. The van der Waals surface area contributed by atoms with Gasteiger partial charge in [-0.1, -0.05) is 6.07 Å². The van der Waals surface area contributed by atoms with Crippen molar-refractivity contribution in [2.75, 3.05) is 6.26 Å². The van der Waals surface area contributed by atoms with Gasteiger partial charge in [-0.2, -0.15) is 0 Å². The first-order valence-electron chi connectivity index (χ1n) is 8.49. The Labute approximate surface area is 163 Å². The molecule has 0 saturated heterocycles. The molecule has 0 bridgehead atoms. The van der Waals surface area contributed by atoms with Crippen LogP contribution in [0.5, 0.6) is 0 Å². The summed E-state index contributed by atoms with van der Waals surface area (Å²) in [6.07, 6.45) is 6.33. The molecule has 3 aromatic heterocycles. The Morgan fingerprint density at radius 3 is 2.57 bits per heavy atom. The van der Waals surface area contributed by atoms with Crippen LogP contribution in [0.3, 0.4) is 0 Å². The number of pyridine rings is 2. The maximum Gasteiger partial charge on any atom is 0.337 e. The van der Waals surface area contributed by atoms with Gasteiger partial charge >= 0.3 is 5.69 Å². The lowest BCUT2D eigenvalue weighted by molar-refractivity contribution is 0.600. The molecule has 1 atom stereocenters. The van der Waals surface area contributed by atoms with Gasteiger partial charge in [0, 0.05) is 24.7 Å². The molecule has 3 heterocycles. The van der Waals surface area contributed by atoms with Gasteiger partial charge in [0.2, 0.25) is 0 Å². The summed E-state index contributed by atoms with van der Waals surface area (Å²) >= 11 is -1.21. The molecule has 28 heavy (non-hydrogen) atoms. The molecule has 1 aromatic carbocycles. The Bertz CT molecular complexity index is 1270. The van der Waals surface area contributed by atoms with E-state index in [0.717, 1.165) is 5.56 Å². The quantitative estimate of drug-likeness (QED) is 0.493. The van der Waals surface area contributed by atoms with E-state index in [9.17, 15) is 14.1 Å². The van der Waals surface area contributed by atoms with Crippen molar-refractivity contribution in [3.8, 4) is 5.69 Å². The minimum absolute atomic E-state index is 0.115. The van der Waals surface area contributed by atoms with Crippen molar-refractivity contribution in [2.24, 2.45) is 0 Å². The van der Waals surface area contributed by atoms with E-state index < -0.39 is 22.4 Å². The van der Waals surface area contributed by atoms with Gasteiger partial charge in [0.05, 0.1) is 17.6 Å². The summed E-state index contributed by atoms with van der Waals surface area (Å²) in [7, 11) is 0. The molecule has 0 saturated carbocycles. The van der Waals surface area contributed by atoms with Crippen LogP contribution in [0.4, 0.5) is 0 Å². The molecule has 0 fully saturated rings. The summed E-state index contributed by atoms with van der Waals surface area (Å²) in [5.74, 6) is 0. The molecule has 0 aliphatic heterocycles. The summed E-state index contributed by atoms with van der Waals surface area (Å²) in [4.78, 5) is 35.1. The summed E-state index contributed by atoms with van der Waals surface area (Å²) in [6, 6.07) is 13.7. The third-order valence-corrected chi connectivity index (χ3v) is 5.31. The number of benzene rings is 1. The lowest BCUT2D eigenvalue weighted by Crippen LogP contribution is -2.40. The second-order valence-corrected chi connectivity index (χ2v) is 7.57. The van der Waals surface area contributed by atoms with Crippen LogP contribution in [0.2, 0.25) is 0 Å². The van der Waals surface area contributed by atoms with E-state index in [1.165, 1.54) is 15.3 Å². The molecule has 0 radical (unpaired) electrons. The van der Waals surface area contributed by atoms with Crippen molar-refractivity contribution in [3.63, 3.8) is 0 Å². The lowest BCUT2D eigenvalue weighted by Gasteiger charge is -2.14. The van der Waals surface area contributed by atoms with E-state index in [1.54, 1.807) is 67.2 Å². The van der Waals surface area contributed by atoms with Gasteiger partial charge in [-0.05, 0) is 53.1 Å². The monoisotopic (exact) mass is 392 g/mol. The first-order valence-corrected chi connectivity index (χ1v) is 10.1. The Morgan fingerprint density at radius 2 is 1.82 bits per heavy atom. The van der Waals surface area contributed by atoms with Crippen molar-refractivity contribution in [1.29, 1.82) is 0 Å². The highest BCUT2D eigenvalue weighted by atomic mass is 32.2. The molecule has 4 aromatic rings. The molecule has 0 aliphatic carbocycles. The predicted octanol–water partition coefficient (Wildman–Crippen LogP) is 1.73. The van der Waals surface area contributed by atoms with Gasteiger partial charge in [0.1, 0.15) is 6.26 Å². The second kappa shape index (κ2) is 7.41. The molecule has 8 heteroatoms. The van der Waals surface area contributed by atoms with Gasteiger partial charge < -0.3 is 4.55 Å². The average Bonchev–Trinajstić information content (AvgIpc) is 2.72. The van der Waals surface area contributed by atoms with Crippen LogP contribution in [0.15, 0.2) is 81.6 Å². The van der Waals surface area contributed by atoms with Crippen molar-refractivity contribution in [3.05, 3.63) is 93.5 Å². The smallest absolute Gasteiger partial charge is 0.337 e. The number of fused-ring (bicyclic) bond motifs is 1. The Hall–Kier alpha value is -3.23. The van der Waals surface area contributed by atoms with E-state index in [-0.39, 0.29) is 12.2 Å². The van der Waals surface area contributed by atoms with Crippen LogP contribution in [0.1, 0.15) is 5.56 Å². The van der Waals surface area contributed by atoms with Crippen LogP contribution in [0, 0.1) is 0 Å². The Morgan fingerprint density at radius 1 is 1.04 bits per heavy atom. The highest BCUT2D eigenvalue weighted by Gasteiger charge is 2.17. The second-order valence-electron chi connectivity index (χ2n) is 6.19. The maximum atomic E-state index is 13.3. The van der Waals surface area contributed by atoms with Crippen molar-refractivity contribution < 1.29 is 4.55 Å². The fourth-order valence-electron chi connectivity index (χ4n) is 3.03. The molecule has 0 amide bonds. The van der Waals surface area contributed by atoms with E-state index in [2.05, 4.69) is 9.97 Å². The number of rotatable bonds is 4. The number of nitrogens with zero attached hydrogens (tertiary/aromatic N) is 4. The highest BCUT2D eigenvalue weighted by molar-refractivity contribution is 7.90. The van der Waals surface area contributed by atoms with Crippen LogP contribution in [-0.2, 0) is 17.7 Å². The maximum absolute atomic E-state index is 13.3. The summed E-state index contributed by atoms with van der Waals surface area (Å²) in [5.41, 5.74) is 0.642. The zero-order valence-electron chi connectivity index (χ0n) is 15.0. The topological polar surface area (TPSA) is 92.8 Å².